The van der Waals surface area contributed by atoms with Gasteiger partial charge in [-0.15, -0.1) is 11.3 Å². The summed E-state index contributed by atoms with van der Waals surface area (Å²) >= 11 is 1.90. The number of hydrogen-bond acceptors (Lipinski definition) is 3. The second-order valence-corrected chi connectivity index (χ2v) is 24.9. The van der Waals surface area contributed by atoms with Crippen molar-refractivity contribution in [3.8, 4) is 38.4 Å². The van der Waals surface area contributed by atoms with Crippen LogP contribution in [0.5, 0.6) is 0 Å². The minimum absolute atomic E-state index is 0.00828. The van der Waals surface area contributed by atoms with Gasteiger partial charge in [-0.25, -0.2) is 0 Å². The molecule has 5 heteroatoms. The van der Waals surface area contributed by atoms with Gasteiger partial charge in [0.15, 0.2) is 7.28 Å². The summed E-state index contributed by atoms with van der Waals surface area (Å²) in [6.45, 7) is 23.6. The number of para-hydroxylation sites is 1. The fourth-order valence-electron chi connectivity index (χ4n) is 12.1. The zero-order valence-corrected chi connectivity index (χ0v) is 43.5. The SMILES string of the molecule is CC(C)(C)c1ccc(Nc2cc3c(cc2-c2c4c5c(c6cc(C(C)(C)C)ccc6n5-c5cc6c(-c7ccccc7)c(-c7ccccc7)sc6cc5[B]4)c4c2oc2ccccc24)C(C)(C)CCC3(C)C)cc1. The van der Waals surface area contributed by atoms with E-state index in [0.29, 0.717) is 0 Å². The number of thiophene rings is 1. The van der Waals surface area contributed by atoms with Crippen LogP contribution < -0.4 is 16.2 Å². The topological polar surface area (TPSA) is 30.1 Å². The van der Waals surface area contributed by atoms with Crippen LogP contribution in [0.1, 0.15) is 104 Å². The molecule has 0 bridgehead atoms. The Labute approximate surface area is 422 Å². The van der Waals surface area contributed by atoms with Crippen molar-refractivity contribution in [3.63, 3.8) is 0 Å². The van der Waals surface area contributed by atoms with Crippen LogP contribution in [0, 0.1) is 0 Å². The number of anilines is 2. The van der Waals surface area contributed by atoms with Gasteiger partial charge in [0.05, 0.1) is 5.52 Å². The predicted octanol–water partition coefficient (Wildman–Crippen LogP) is 17.6. The van der Waals surface area contributed by atoms with Crippen molar-refractivity contribution in [1.82, 2.24) is 4.57 Å². The van der Waals surface area contributed by atoms with E-state index in [9.17, 15) is 0 Å². The zero-order chi connectivity index (χ0) is 48.9. The zero-order valence-electron chi connectivity index (χ0n) is 42.7. The van der Waals surface area contributed by atoms with Gasteiger partial charge in [-0.2, -0.15) is 0 Å². The average Bonchev–Trinajstić information content (AvgIpc) is 4.03. The third-order valence-electron chi connectivity index (χ3n) is 16.2. The Balaban J connectivity index is 1.18. The van der Waals surface area contributed by atoms with Gasteiger partial charge in [0.2, 0.25) is 0 Å². The van der Waals surface area contributed by atoms with Crippen LogP contribution >= 0.6 is 11.3 Å². The monoisotopic (exact) mass is 939 g/mol. The molecule has 0 atom stereocenters. The largest absolute Gasteiger partial charge is 0.455 e. The summed E-state index contributed by atoms with van der Waals surface area (Å²) in [6.07, 6.45) is 2.25. The summed E-state index contributed by atoms with van der Waals surface area (Å²) < 4.78 is 11.3. The third kappa shape index (κ3) is 6.82. The van der Waals surface area contributed by atoms with Crippen molar-refractivity contribution in [1.29, 1.82) is 0 Å². The first-order valence-electron chi connectivity index (χ1n) is 25.5. The Morgan fingerprint density at radius 3 is 1.92 bits per heavy atom. The fraction of sp³-hybridized carbons (Fsp3) is 0.242. The molecule has 349 valence electrons. The number of benzene rings is 8. The highest BCUT2D eigenvalue weighted by Gasteiger charge is 2.40. The van der Waals surface area contributed by atoms with E-state index in [0.717, 1.165) is 51.9 Å². The van der Waals surface area contributed by atoms with E-state index in [2.05, 4.69) is 238 Å². The first kappa shape index (κ1) is 44.1. The summed E-state index contributed by atoms with van der Waals surface area (Å²) in [4.78, 5) is 1.29. The molecule has 0 fully saturated rings. The number of fused-ring (bicyclic) bond motifs is 11. The van der Waals surface area contributed by atoms with Gasteiger partial charge in [-0.05, 0) is 128 Å². The van der Waals surface area contributed by atoms with E-state index in [4.69, 9.17) is 4.42 Å². The molecule has 0 saturated carbocycles. The molecular weight excluding hydrogens is 880 g/mol. The number of furan rings is 1. The normalized spacial score (nSPS) is 15.1. The third-order valence-corrected chi connectivity index (χ3v) is 17.4. The van der Waals surface area contributed by atoms with Crippen LogP contribution in [0.2, 0.25) is 0 Å². The lowest BCUT2D eigenvalue weighted by molar-refractivity contribution is 0.332. The molecule has 3 aromatic heterocycles. The molecule has 13 rings (SSSR count). The summed E-state index contributed by atoms with van der Waals surface area (Å²) in [6, 6.07) is 57.0. The first-order chi connectivity index (χ1) is 33.9. The lowest BCUT2D eigenvalue weighted by Gasteiger charge is -2.42. The Morgan fingerprint density at radius 2 is 1.23 bits per heavy atom. The lowest BCUT2D eigenvalue weighted by atomic mass is 9.58. The van der Waals surface area contributed by atoms with E-state index >= 15 is 0 Å². The van der Waals surface area contributed by atoms with E-state index in [1.54, 1.807) is 0 Å². The van der Waals surface area contributed by atoms with E-state index in [1.807, 2.05) is 11.3 Å². The van der Waals surface area contributed by atoms with Crippen molar-refractivity contribution >= 4 is 94.7 Å². The van der Waals surface area contributed by atoms with Gasteiger partial charge in [-0.3, -0.25) is 0 Å². The van der Waals surface area contributed by atoms with Crippen molar-refractivity contribution < 1.29 is 4.42 Å². The highest BCUT2D eigenvalue weighted by atomic mass is 32.1. The molecule has 0 unspecified atom stereocenters. The Morgan fingerprint density at radius 1 is 0.592 bits per heavy atom. The summed E-state index contributed by atoms with van der Waals surface area (Å²) in [7, 11) is 2.50. The number of aromatic nitrogens is 1. The molecule has 11 aromatic rings. The average molecular weight is 940 g/mol. The van der Waals surface area contributed by atoms with E-state index in [-0.39, 0.29) is 21.7 Å². The van der Waals surface area contributed by atoms with Gasteiger partial charge >= 0.3 is 0 Å². The van der Waals surface area contributed by atoms with Crippen LogP contribution in [-0.4, -0.2) is 11.8 Å². The Bertz CT molecular complexity index is 3980. The molecule has 71 heavy (non-hydrogen) atoms. The Hall–Kier alpha value is -6.82. The van der Waals surface area contributed by atoms with Crippen LogP contribution in [0.15, 0.2) is 156 Å². The highest BCUT2D eigenvalue weighted by Crippen LogP contribution is 2.53. The molecular formula is C66H60BN2OS. The van der Waals surface area contributed by atoms with Gasteiger partial charge < -0.3 is 14.3 Å². The van der Waals surface area contributed by atoms with Crippen LogP contribution in [0.25, 0.3) is 92.2 Å². The van der Waals surface area contributed by atoms with Crippen LogP contribution in [-0.2, 0) is 21.7 Å². The number of hydrogen-bond donors (Lipinski definition) is 1. The molecule has 2 aliphatic rings. The molecule has 1 aliphatic heterocycles. The van der Waals surface area contributed by atoms with Gasteiger partial charge in [0, 0.05) is 75.8 Å². The van der Waals surface area contributed by atoms with Crippen molar-refractivity contribution in [2.75, 3.05) is 5.32 Å². The van der Waals surface area contributed by atoms with Crippen LogP contribution in [0.4, 0.5) is 11.4 Å². The number of nitrogens with zero attached hydrogens (tertiary/aromatic N) is 1. The lowest BCUT2D eigenvalue weighted by Crippen LogP contribution is -2.37. The smallest absolute Gasteiger partial charge is 0.198 e. The minimum atomic E-state index is -0.0518. The summed E-state index contributed by atoms with van der Waals surface area (Å²) in [5.41, 5.74) is 21.5. The quantitative estimate of drug-likeness (QED) is 0.174. The Kier molecular flexibility index (Phi) is 9.54. The summed E-state index contributed by atoms with van der Waals surface area (Å²) in [5, 5.41) is 10.2. The van der Waals surface area contributed by atoms with Crippen molar-refractivity contribution in [2.45, 2.75) is 104 Å². The minimum Gasteiger partial charge on any atom is -0.455 e. The number of nitrogens with one attached hydrogen (secondary N) is 1. The number of rotatable bonds is 5. The van der Waals surface area contributed by atoms with Gasteiger partial charge in [0.25, 0.3) is 0 Å². The second-order valence-electron chi connectivity index (χ2n) is 23.9. The van der Waals surface area contributed by atoms with E-state index < -0.39 is 0 Å². The standard InChI is InChI=1S/C66H60BN2OS/c1-63(2,3)40-25-28-42(29-26-40)68-50-36-48-47(65(7,8)31-32-66(48,9)10)34-44(50)58-59-60-56(57-43-23-17-18-24-53(43)70-61(57)58)45-33-41(64(4,5)6)27-30-51(45)69(60)52-35-46-54(37-49(52)67-59)71-62(39-21-15-12-16-22-39)55(46)38-19-13-11-14-20-38/h11-30,33-37,68H,31-32H2,1-10H3. The first-order valence-corrected chi connectivity index (χ1v) is 26.4. The maximum Gasteiger partial charge on any atom is 0.198 e. The van der Waals surface area contributed by atoms with Gasteiger partial charge in [0.1, 0.15) is 11.2 Å². The van der Waals surface area contributed by atoms with Gasteiger partial charge in [-0.1, -0.05) is 172 Å². The second kappa shape index (κ2) is 15.3. The molecule has 4 heterocycles. The highest BCUT2D eigenvalue weighted by molar-refractivity contribution is 7.23. The molecule has 0 amide bonds. The predicted molar refractivity (Wildman–Crippen MR) is 307 cm³/mol. The molecule has 1 radical (unpaired) electrons. The fourth-order valence-corrected chi connectivity index (χ4v) is 13.3. The maximum atomic E-state index is 7.38. The summed E-state index contributed by atoms with van der Waals surface area (Å²) in [5.74, 6) is 0. The molecule has 8 aromatic carbocycles. The molecule has 0 saturated heterocycles. The molecule has 1 aliphatic carbocycles. The molecule has 0 spiro atoms. The molecule has 1 N–H and O–H groups in total. The van der Waals surface area contributed by atoms with Crippen LogP contribution in [0.3, 0.4) is 0 Å². The van der Waals surface area contributed by atoms with Crippen molar-refractivity contribution in [3.05, 3.63) is 174 Å². The molecule has 3 nitrogen and oxygen atoms in total. The maximum absolute atomic E-state index is 7.38. The van der Waals surface area contributed by atoms with Crippen molar-refractivity contribution in [2.24, 2.45) is 0 Å². The van der Waals surface area contributed by atoms with E-state index in [1.165, 1.54) is 97.7 Å².